The Morgan fingerprint density at radius 3 is 2.71 bits per heavy atom. The Balaban J connectivity index is 1.93. The molecule has 0 fully saturated rings. The molecule has 1 aromatic carbocycles. The van der Waals surface area contributed by atoms with E-state index in [9.17, 15) is 14.0 Å². The highest BCUT2D eigenvalue weighted by molar-refractivity contribution is 7.16. The van der Waals surface area contributed by atoms with Gasteiger partial charge < -0.3 is 10.4 Å². The zero-order chi connectivity index (χ0) is 15.2. The second kappa shape index (κ2) is 6.76. The molecule has 0 spiro atoms. The van der Waals surface area contributed by atoms with Gasteiger partial charge in [0.25, 0.3) is 0 Å². The average molecular weight is 306 g/mol. The van der Waals surface area contributed by atoms with Crippen molar-refractivity contribution in [2.45, 2.75) is 6.42 Å². The molecule has 0 bridgehead atoms. The summed E-state index contributed by atoms with van der Waals surface area (Å²) in [6.07, 6.45) is 3.98. The Hall–Kier alpha value is -2.54. The molecule has 0 unspecified atom stereocenters. The van der Waals surface area contributed by atoms with E-state index in [2.05, 4.69) is 10.3 Å². The van der Waals surface area contributed by atoms with Gasteiger partial charge in [0, 0.05) is 17.2 Å². The molecule has 0 aliphatic carbocycles. The number of hydrogen-bond donors (Lipinski definition) is 2. The number of halogens is 1. The molecule has 0 aliphatic heterocycles. The number of hydrogen-bond acceptors (Lipinski definition) is 4. The van der Waals surface area contributed by atoms with Gasteiger partial charge in [0.05, 0.1) is 6.42 Å². The van der Waals surface area contributed by atoms with Crippen molar-refractivity contribution in [2.75, 3.05) is 5.32 Å². The van der Waals surface area contributed by atoms with Gasteiger partial charge in [-0.2, -0.15) is 0 Å². The van der Waals surface area contributed by atoms with E-state index in [1.807, 2.05) is 0 Å². The lowest BCUT2D eigenvalue weighted by molar-refractivity contribution is -0.131. The summed E-state index contributed by atoms with van der Waals surface area (Å²) in [5.41, 5.74) is 0.691. The van der Waals surface area contributed by atoms with Crippen molar-refractivity contribution in [2.24, 2.45) is 0 Å². The number of rotatable bonds is 5. The van der Waals surface area contributed by atoms with Crippen molar-refractivity contribution in [3.8, 4) is 0 Å². The van der Waals surface area contributed by atoms with E-state index < -0.39 is 5.97 Å². The van der Waals surface area contributed by atoms with Crippen LogP contribution in [0.2, 0.25) is 0 Å². The number of anilines is 1. The first-order valence-electron chi connectivity index (χ1n) is 5.94. The summed E-state index contributed by atoms with van der Waals surface area (Å²) >= 11 is 1.16. The molecule has 5 nitrogen and oxygen atoms in total. The van der Waals surface area contributed by atoms with Crippen LogP contribution in [0.15, 0.2) is 36.5 Å². The van der Waals surface area contributed by atoms with Gasteiger partial charge in [0.15, 0.2) is 5.13 Å². The van der Waals surface area contributed by atoms with Crippen molar-refractivity contribution < 1.29 is 19.1 Å². The number of nitrogens with one attached hydrogen (secondary N) is 1. The van der Waals surface area contributed by atoms with E-state index in [0.717, 1.165) is 17.4 Å². The predicted molar refractivity (Wildman–Crippen MR) is 77.5 cm³/mol. The van der Waals surface area contributed by atoms with Crippen LogP contribution in [0.4, 0.5) is 9.52 Å². The Bertz CT molecular complexity index is 680. The minimum absolute atomic E-state index is 0.111. The second-order valence-electron chi connectivity index (χ2n) is 4.09. The molecule has 2 rings (SSSR count). The van der Waals surface area contributed by atoms with E-state index in [-0.39, 0.29) is 18.1 Å². The van der Waals surface area contributed by atoms with Crippen LogP contribution in [0.25, 0.3) is 6.08 Å². The van der Waals surface area contributed by atoms with Crippen LogP contribution >= 0.6 is 11.3 Å². The smallest absolute Gasteiger partial charge is 0.328 e. The molecule has 2 N–H and O–H groups in total. The number of nitrogens with zero attached hydrogens (tertiary/aromatic N) is 1. The van der Waals surface area contributed by atoms with E-state index >= 15 is 0 Å². The highest BCUT2D eigenvalue weighted by atomic mass is 32.1. The number of carbonyl (C=O) groups is 2. The van der Waals surface area contributed by atoms with Crippen LogP contribution < -0.4 is 5.32 Å². The van der Waals surface area contributed by atoms with Gasteiger partial charge >= 0.3 is 5.97 Å². The minimum atomic E-state index is -1.05. The summed E-state index contributed by atoms with van der Waals surface area (Å²) in [6.45, 7) is 0. The summed E-state index contributed by atoms with van der Waals surface area (Å²) in [5.74, 6) is -1.68. The molecule has 0 saturated heterocycles. The van der Waals surface area contributed by atoms with Crippen LogP contribution in [-0.2, 0) is 16.0 Å². The van der Waals surface area contributed by atoms with Gasteiger partial charge in [-0.25, -0.2) is 14.2 Å². The van der Waals surface area contributed by atoms with Crippen LogP contribution in [-0.4, -0.2) is 22.0 Å². The fourth-order valence-electron chi connectivity index (χ4n) is 1.53. The average Bonchev–Trinajstić information content (AvgIpc) is 2.86. The Kier molecular flexibility index (Phi) is 4.78. The lowest BCUT2D eigenvalue weighted by Gasteiger charge is -2.01. The number of thiazole rings is 1. The van der Waals surface area contributed by atoms with Crippen LogP contribution in [0.3, 0.4) is 0 Å². The molecule has 7 heteroatoms. The van der Waals surface area contributed by atoms with Crippen molar-refractivity contribution in [3.05, 3.63) is 52.8 Å². The van der Waals surface area contributed by atoms with Gasteiger partial charge in [-0.05, 0) is 23.8 Å². The molecule has 0 aliphatic rings. The maximum Gasteiger partial charge on any atom is 0.328 e. The predicted octanol–water partition coefficient (Wildman–Crippen LogP) is 2.56. The number of carboxylic acid groups (broad SMARTS) is 1. The van der Waals surface area contributed by atoms with Crippen LogP contribution in [0.5, 0.6) is 0 Å². The summed E-state index contributed by atoms with van der Waals surface area (Å²) in [6, 6.07) is 5.66. The van der Waals surface area contributed by atoms with Crippen LogP contribution in [0.1, 0.15) is 10.4 Å². The lowest BCUT2D eigenvalue weighted by Crippen LogP contribution is -2.14. The van der Waals surface area contributed by atoms with E-state index in [0.29, 0.717) is 15.6 Å². The second-order valence-corrected chi connectivity index (χ2v) is 5.15. The Morgan fingerprint density at radius 1 is 1.33 bits per heavy atom. The normalized spacial score (nSPS) is 10.7. The number of carboxylic acids is 1. The van der Waals surface area contributed by atoms with Gasteiger partial charge in [0.1, 0.15) is 5.82 Å². The lowest BCUT2D eigenvalue weighted by atomic mass is 10.1. The first kappa shape index (κ1) is 14.9. The molecule has 2 aromatic rings. The van der Waals surface area contributed by atoms with Crippen molar-refractivity contribution >= 4 is 34.4 Å². The topological polar surface area (TPSA) is 79.3 Å². The summed E-state index contributed by atoms with van der Waals surface area (Å²) < 4.78 is 12.7. The number of amides is 1. The van der Waals surface area contributed by atoms with Gasteiger partial charge in [-0.1, -0.05) is 23.5 Å². The zero-order valence-corrected chi connectivity index (χ0v) is 11.6. The van der Waals surface area contributed by atoms with Crippen molar-refractivity contribution in [1.82, 2.24) is 4.98 Å². The number of aromatic nitrogens is 1. The zero-order valence-electron chi connectivity index (χ0n) is 10.7. The SMILES string of the molecule is O=C(O)C=Cc1cnc(NC(=O)Cc2ccc(F)cc2)s1. The molecule has 108 valence electrons. The number of benzene rings is 1. The molecule has 1 aromatic heterocycles. The maximum absolute atomic E-state index is 12.7. The molecule has 0 radical (unpaired) electrons. The largest absolute Gasteiger partial charge is 0.478 e. The molecule has 21 heavy (non-hydrogen) atoms. The summed E-state index contributed by atoms with van der Waals surface area (Å²) in [7, 11) is 0. The third-order valence-electron chi connectivity index (χ3n) is 2.44. The third-order valence-corrected chi connectivity index (χ3v) is 3.32. The first-order valence-corrected chi connectivity index (χ1v) is 6.76. The van der Waals surface area contributed by atoms with E-state index in [1.165, 1.54) is 36.5 Å². The highest BCUT2D eigenvalue weighted by Crippen LogP contribution is 2.19. The number of carbonyl (C=O) groups excluding carboxylic acids is 1. The van der Waals surface area contributed by atoms with Gasteiger partial charge in [-0.15, -0.1) is 0 Å². The monoisotopic (exact) mass is 306 g/mol. The molecular formula is C14H11FN2O3S. The van der Waals surface area contributed by atoms with E-state index in [1.54, 1.807) is 0 Å². The third kappa shape index (κ3) is 4.81. The molecule has 1 heterocycles. The Morgan fingerprint density at radius 2 is 2.05 bits per heavy atom. The highest BCUT2D eigenvalue weighted by Gasteiger charge is 2.07. The van der Waals surface area contributed by atoms with Crippen LogP contribution in [0, 0.1) is 5.82 Å². The molecule has 0 saturated carbocycles. The number of aliphatic carboxylic acids is 1. The standard InChI is InChI=1S/C14H11FN2O3S/c15-10-3-1-9(2-4-10)7-12(18)17-14-16-8-11(21-14)5-6-13(19)20/h1-6,8H,7H2,(H,19,20)(H,16,17,18). The van der Waals surface area contributed by atoms with E-state index in [4.69, 9.17) is 5.11 Å². The maximum atomic E-state index is 12.7. The summed E-state index contributed by atoms with van der Waals surface area (Å²) in [5, 5.41) is 11.5. The summed E-state index contributed by atoms with van der Waals surface area (Å²) in [4.78, 5) is 26.8. The molecule has 1 amide bonds. The molecular weight excluding hydrogens is 295 g/mol. The fraction of sp³-hybridized carbons (Fsp3) is 0.0714. The fourth-order valence-corrected chi connectivity index (χ4v) is 2.26. The van der Waals surface area contributed by atoms with Crippen molar-refractivity contribution in [1.29, 1.82) is 0 Å². The quantitative estimate of drug-likeness (QED) is 0.832. The Labute approximate surface area is 123 Å². The van der Waals surface area contributed by atoms with Crippen molar-refractivity contribution in [3.63, 3.8) is 0 Å². The first-order chi connectivity index (χ1) is 10.0. The minimum Gasteiger partial charge on any atom is -0.478 e. The van der Waals surface area contributed by atoms with Gasteiger partial charge in [0.2, 0.25) is 5.91 Å². The molecule has 0 atom stereocenters. The van der Waals surface area contributed by atoms with Gasteiger partial charge in [-0.3, -0.25) is 4.79 Å².